The summed E-state index contributed by atoms with van der Waals surface area (Å²) in [7, 11) is 0. The van der Waals surface area contributed by atoms with Crippen molar-refractivity contribution in [2.45, 2.75) is 40.0 Å². The summed E-state index contributed by atoms with van der Waals surface area (Å²) in [5.41, 5.74) is 2.82. The van der Waals surface area contributed by atoms with E-state index in [0.29, 0.717) is 18.1 Å². The van der Waals surface area contributed by atoms with Crippen molar-refractivity contribution in [1.82, 2.24) is 0 Å². The number of hydrogen-bond donors (Lipinski definition) is 0. The van der Waals surface area contributed by atoms with Crippen LogP contribution in [0.2, 0.25) is 0 Å². The van der Waals surface area contributed by atoms with Crippen LogP contribution in [0.15, 0.2) is 11.1 Å². The van der Waals surface area contributed by atoms with E-state index >= 15 is 0 Å². The number of allylic oxidation sites excluding steroid dienone is 2. The van der Waals surface area contributed by atoms with E-state index < -0.39 is 0 Å². The van der Waals surface area contributed by atoms with E-state index in [4.69, 9.17) is 0 Å². The maximum atomic E-state index is 11.1. The molecule has 0 saturated heterocycles. The molecule has 0 saturated carbocycles. The van der Waals surface area contributed by atoms with Crippen molar-refractivity contribution >= 4 is 5.78 Å². The molecule has 0 aromatic carbocycles. The molecular weight excluding hydrogens is 136 g/mol. The molecule has 0 aromatic rings. The third-order valence-corrected chi connectivity index (χ3v) is 2.41. The number of rotatable bonds is 1. The fourth-order valence-electron chi connectivity index (χ4n) is 1.64. The fourth-order valence-corrected chi connectivity index (χ4v) is 1.64. The first-order valence-electron chi connectivity index (χ1n) is 4.31. The van der Waals surface area contributed by atoms with Gasteiger partial charge in [-0.15, -0.1) is 0 Å². The predicted octanol–water partition coefficient (Wildman–Crippen LogP) is 2.71. The van der Waals surface area contributed by atoms with Crippen LogP contribution in [0.4, 0.5) is 0 Å². The summed E-state index contributed by atoms with van der Waals surface area (Å²) >= 11 is 0. The highest BCUT2D eigenvalue weighted by Gasteiger charge is 2.17. The summed E-state index contributed by atoms with van der Waals surface area (Å²) < 4.78 is 0. The van der Waals surface area contributed by atoms with E-state index in [-0.39, 0.29) is 0 Å². The van der Waals surface area contributed by atoms with Gasteiger partial charge in [-0.3, -0.25) is 4.79 Å². The molecule has 0 amide bonds. The summed E-state index contributed by atoms with van der Waals surface area (Å²) in [4.78, 5) is 11.1. The monoisotopic (exact) mass is 152 g/mol. The molecule has 0 fully saturated rings. The molecule has 1 heteroatoms. The Morgan fingerprint density at radius 1 is 1.27 bits per heavy atom. The molecule has 0 heterocycles. The minimum absolute atomic E-state index is 0.416. The molecular formula is C10H16O. The lowest BCUT2D eigenvalue weighted by Crippen LogP contribution is -2.11. The zero-order valence-corrected chi connectivity index (χ0v) is 7.61. The minimum atomic E-state index is 0.416. The molecule has 0 N–H and O–H groups in total. The second-order valence-corrected chi connectivity index (χ2v) is 3.68. The van der Waals surface area contributed by atoms with Crippen LogP contribution in [0.1, 0.15) is 40.0 Å². The Morgan fingerprint density at radius 3 is 2.36 bits per heavy atom. The lowest BCUT2D eigenvalue weighted by atomic mass is 9.85. The quantitative estimate of drug-likeness (QED) is 0.528. The highest BCUT2D eigenvalue weighted by Crippen LogP contribution is 2.27. The van der Waals surface area contributed by atoms with Gasteiger partial charge in [-0.1, -0.05) is 25.0 Å². The van der Waals surface area contributed by atoms with E-state index in [9.17, 15) is 4.79 Å². The van der Waals surface area contributed by atoms with Gasteiger partial charge in [0.05, 0.1) is 0 Å². The highest BCUT2D eigenvalue weighted by atomic mass is 16.1. The van der Waals surface area contributed by atoms with Crippen molar-refractivity contribution in [2.75, 3.05) is 0 Å². The molecule has 1 nitrogen and oxygen atoms in total. The Labute approximate surface area is 68.5 Å². The molecule has 0 bridgehead atoms. The van der Waals surface area contributed by atoms with Gasteiger partial charge in [0.15, 0.2) is 0 Å². The molecule has 1 rings (SSSR count). The second kappa shape index (κ2) is 3.21. The van der Waals surface area contributed by atoms with E-state index in [0.717, 1.165) is 12.8 Å². The number of carbonyl (C=O) groups is 1. The Balaban J connectivity index is 2.79. The van der Waals surface area contributed by atoms with Gasteiger partial charge in [0.1, 0.15) is 5.78 Å². The summed E-state index contributed by atoms with van der Waals surface area (Å²) in [5, 5.41) is 0. The summed E-state index contributed by atoms with van der Waals surface area (Å²) in [6.45, 7) is 6.48. The zero-order chi connectivity index (χ0) is 8.43. The van der Waals surface area contributed by atoms with Gasteiger partial charge in [0, 0.05) is 12.8 Å². The normalized spacial score (nSPS) is 19.8. The van der Waals surface area contributed by atoms with Gasteiger partial charge in [0.2, 0.25) is 0 Å². The average Bonchev–Trinajstić information content (AvgIpc) is 1.94. The van der Waals surface area contributed by atoms with Gasteiger partial charge < -0.3 is 0 Å². The van der Waals surface area contributed by atoms with Gasteiger partial charge >= 0.3 is 0 Å². The molecule has 1 aliphatic carbocycles. The summed E-state index contributed by atoms with van der Waals surface area (Å²) in [6, 6.07) is 0. The highest BCUT2D eigenvalue weighted by molar-refractivity contribution is 5.82. The van der Waals surface area contributed by atoms with Crippen LogP contribution in [0.25, 0.3) is 0 Å². The van der Waals surface area contributed by atoms with Crippen molar-refractivity contribution in [3.8, 4) is 0 Å². The van der Waals surface area contributed by atoms with E-state index in [1.54, 1.807) is 0 Å². The molecule has 0 aromatic heterocycles. The number of hydrogen-bond acceptors (Lipinski definition) is 1. The van der Waals surface area contributed by atoms with Crippen LogP contribution < -0.4 is 0 Å². The molecule has 11 heavy (non-hydrogen) atoms. The Morgan fingerprint density at radius 2 is 1.91 bits per heavy atom. The molecule has 0 spiro atoms. The van der Waals surface area contributed by atoms with Gasteiger partial charge in [0.25, 0.3) is 0 Å². The molecule has 0 radical (unpaired) electrons. The third-order valence-electron chi connectivity index (χ3n) is 2.41. The lowest BCUT2D eigenvalue weighted by Gasteiger charge is -2.19. The smallest absolute Gasteiger partial charge is 0.137 e. The number of Topliss-reactive ketones (excluding diaryl/α,β-unsaturated/α-hetero) is 1. The summed E-state index contributed by atoms with van der Waals surface area (Å²) in [5.74, 6) is 0.971. The van der Waals surface area contributed by atoms with Gasteiger partial charge in [-0.05, 0) is 19.3 Å². The average molecular weight is 152 g/mol. The van der Waals surface area contributed by atoms with E-state index in [2.05, 4.69) is 20.8 Å². The van der Waals surface area contributed by atoms with Crippen molar-refractivity contribution in [3.05, 3.63) is 11.1 Å². The first kappa shape index (κ1) is 8.51. The standard InChI is InChI=1S/C10H16O/c1-7(2)10-6-9(11)5-4-8(10)3/h7H,4-6H2,1-3H3. The van der Waals surface area contributed by atoms with Crippen molar-refractivity contribution in [3.63, 3.8) is 0 Å². The number of ketones is 1. The largest absolute Gasteiger partial charge is 0.299 e. The van der Waals surface area contributed by atoms with Crippen molar-refractivity contribution in [2.24, 2.45) is 5.92 Å². The minimum Gasteiger partial charge on any atom is -0.299 e. The number of carbonyl (C=O) groups excluding carboxylic acids is 1. The van der Waals surface area contributed by atoms with Crippen molar-refractivity contribution in [1.29, 1.82) is 0 Å². The van der Waals surface area contributed by atoms with Crippen molar-refractivity contribution < 1.29 is 4.79 Å². The van der Waals surface area contributed by atoms with Crippen LogP contribution in [-0.4, -0.2) is 5.78 Å². The molecule has 0 atom stereocenters. The lowest BCUT2D eigenvalue weighted by molar-refractivity contribution is -0.118. The van der Waals surface area contributed by atoms with Crippen LogP contribution in [0, 0.1) is 5.92 Å². The third kappa shape index (κ3) is 1.92. The van der Waals surface area contributed by atoms with Crippen LogP contribution >= 0.6 is 0 Å². The topological polar surface area (TPSA) is 17.1 Å². The van der Waals surface area contributed by atoms with Crippen LogP contribution in [0.5, 0.6) is 0 Å². The first-order valence-corrected chi connectivity index (χ1v) is 4.31. The Bertz CT molecular complexity index is 199. The van der Waals surface area contributed by atoms with Gasteiger partial charge in [-0.25, -0.2) is 0 Å². The second-order valence-electron chi connectivity index (χ2n) is 3.68. The maximum Gasteiger partial charge on any atom is 0.137 e. The summed E-state index contributed by atoms with van der Waals surface area (Å²) in [6.07, 6.45) is 2.47. The maximum absolute atomic E-state index is 11.1. The Hall–Kier alpha value is -0.590. The van der Waals surface area contributed by atoms with Crippen LogP contribution in [0.3, 0.4) is 0 Å². The van der Waals surface area contributed by atoms with Crippen LogP contribution in [-0.2, 0) is 4.79 Å². The SMILES string of the molecule is CC1=C(C(C)C)CC(=O)CC1. The molecule has 0 unspecified atom stereocenters. The Kier molecular flexibility index (Phi) is 2.48. The molecule has 1 aliphatic rings. The van der Waals surface area contributed by atoms with E-state index in [1.807, 2.05) is 0 Å². The molecule has 62 valence electrons. The van der Waals surface area contributed by atoms with E-state index in [1.165, 1.54) is 11.1 Å². The first-order chi connectivity index (χ1) is 5.11. The fraction of sp³-hybridized carbons (Fsp3) is 0.700. The zero-order valence-electron chi connectivity index (χ0n) is 7.61. The predicted molar refractivity (Wildman–Crippen MR) is 46.4 cm³/mol. The molecule has 0 aliphatic heterocycles. The van der Waals surface area contributed by atoms with Gasteiger partial charge in [-0.2, -0.15) is 0 Å².